The molecule has 2 nitrogen and oxygen atoms in total. The van der Waals surface area contributed by atoms with Gasteiger partial charge < -0.3 is 4.98 Å². The van der Waals surface area contributed by atoms with Crippen LogP contribution in [-0.4, -0.2) is 10.8 Å². The molecule has 0 aliphatic carbocycles. The average molecular weight is 335 g/mol. The molecule has 0 spiro atoms. The first kappa shape index (κ1) is 12.5. The number of halogens is 2. The fourth-order valence-electron chi connectivity index (χ4n) is 2.10. The van der Waals surface area contributed by atoms with E-state index in [1.165, 1.54) is 0 Å². The van der Waals surface area contributed by atoms with E-state index in [-0.39, 0.29) is 5.78 Å². The smallest absolute Gasteiger partial charge is 0.195 e. The van der Waals surface area contributed by atoms with Crippen LogP contribution >= 0.6 is 27.5 Å². The molecule has 0 saturated carbocycles. The van der Waals surface area contributed by atoms with Gasteiger partial charge in [-0.2, -0.15) is 0 Å². The standard InChI is InChI=1S/C15H9BrClNO/c16-10-4-1-3-9(7-10)15(19)11-8-18-13-6-2-5-12(17)14(11)13/h1-8,18H. The highest BCUT2D eigenvalue weighted by Crippen LogP contribution is 2.28. The lowest BCUT2D eigenvalue weighted by Gasteiger charge is -2.01. The topological polar surface area (TPSA) is 32.9 Å². The maximum atomic E-state index is 12.5. The summed E-state index contributed by atoms with van der Waals surface area (Å²) in [7, 11) is 0. The van der Waals surface area contributed by atoms with Gasteiger partial charge in [0.05, 0.1) is 5.02 Å². The molecule has 1 aromatic heterocycles. The van der Waals surface area contributed by atoms with Crippen molar-refractivity contribution < 1.29 is 4.79 Å². The Kier molecular flexibility index (Phi) is 3.17. The minimum absolute atomic E-state index is 0.0411. The van der Waals surface area contributed by atoms with Crippen molar-refractivity contribution in [2.45, 2.75) is 0 Å². The number of hydrogen-bond donors (Lipinski definition) is 1. The van der Waals surface area contributed by atoms with E-state index in [0.717, 1.165) is 15.4 Å². The molecule has 0 aliphatic rings. The van der Waals surface area contributed by atoms with E-state index in [1.807, 2.05) is 24.3 Å². The van der Waals surface area contributed by atoms with Crippen molar-refractivity contribution in [3.05, 3.63) is 69.3 Å². The van der Waals surface area contributed by atoms with E-state index in [2.05, 4.69) is 20.9 Å². The van der Waals surface area contributed by atoms with Crippen LogP contribution in [0.2, 0.25) is 5.02 Å². The highest BCUT2D eigenvalue weighted by Gasteiger charge is 2.16. The zero-order valence-corrected chi connectivity index (χ0v) is 12.1. The van der Waals surface area contributed by atoms with E-state index >= 15 is 0 Å². The van der Waals surface area contributed by atoms with Crippen molar-refractivity contribution in [2.75, 3.05) is 0 Å². The summed E-state index contributed by atoms with van der Waals surface area (Å²) < 4.78 is 0.879. The van der Waals surface area contributed by atoms with Crippen LogP contribution in [0.4, 0.5) is 0 Å². The summed E-state index contributed by atoms with van der Waals surface area (Å²) in [4.78, 5) is 15.6. The van der Waals surface area contributed by atoms with Gasteiger partial charge in [0.1, 0.15) is 0 Å². The van der Waals surface area contributed by atoms with Gasteiger partial charge in [0.25, 0.3) is 0 Å². The Morgan fingerprint density at radius 1 is 1.16 bits per heavy atom. The molecule has 4 heteroatoms. The minimum atomic E-state index is -0.0411. The molecule has 0 atom stereocenters. The highest BCUT2D eigenvalue weighted by atomic mass is 79.9. The Morgan fingerprint density at radius 3 is 2.74 bits per heavy atom. The van der Waals surface area contributed by atoms with E-state index in [1.54, 1.807) is 24.4 Å². The quantitative estimate of drug-likeness (QED) is 0.670. The summed E-state index contributed by atoms with van der Waals surface area (Å²) in [5.41, 5.74) is 2.10. The van der Waals surface area contributed by atoms with Crippen molar-refractivity contribution in [3.8, 4) is 0 Å². The van der Waals surface area contributed by atoms with Crippen LogP contribution < -0.4 is 0 Å². The number of rotatable bonds is 2. The molecule has 0 aliphatic heterocycles. The highest BCUT2D eigenvalue weighted by molar-refractivity contribution is 9.10. The molecule has 1 N–H and O–H groups in total. The molecule has 0 saturated heterocycles. The van der Waals surface area contributed by atoms with Crippen molar-refractivity contribution in [3.63, 3.8) is 0 Å². The molecular weight excluding hydrogens is 326 g/mol. The maximum absolute atomic E-state index is 12.5. The lowest BCUT2D eigenvalue weighted by Crippen LogP contribution is -2.00. The first-order valence-electron chi connectivity index (χ1n) is 5.72. The molecule has 94 valence electrons. The van der Waals surface area contributed by atoms with Gasteiger partial charge in [0.2, 0.25) is 0 Å². The third kappa shape index (κ3) is 2.20. The van der Waals surface area contributed by atoms with Crippen LogP contribution in [-0.2, 0) is 0 Å². The van der Waals surface area contributed by atoms with E-state index < -0.39 is 0 Å². The van der Waals surface area contributed by atoms with Gasteiger partial charge in [0.15, 0.2) is 5.78 Å². The molecule has 3 rings (SSSR count). The number of H-pyrrole nitrogens is 1. The molecule has 0 fully saturated rings. The predicted molar refractivity (Wildman–Crippen MR) is 80.9 cm³/mol. The van der Waals surface area contributed by atoms with E-state index in [9.17, 15) is 4.79 Å². The van der Waals surface area contributed by atoms with Crippen LogP contribution in [0.3, 0.4) is 0 Å². The Labute approximate surface area is 123 Å². The summed E-state index contributed by atoms with van der Waals surface area (Å²) in [6.45, 7) is 0. The van der Waals surface area contributed by atoms with Crippen LogP contribution in [0.5, 0.6) is 0 Å². The van der Waals surface area contributed by atoms with Gasteiger partial charge in [-0.25, -0.2) is 0 Å². The molecule has 2 aromatic carbocycles. The summed E-state index contributed by atoms with van der Waals surface area (Å²) in [6, 6.07) is 12.9. The summed E-state index contributed by atoms with van der Waals surface area (Å²) >= 11 is 9.56. The van der Waals surface area contributed by atoms with E-state index in [0.29, 0.717) is 16.1 Å². The second kappa shape index (κ2) is 4.83. The maximum Gasteiger partial charge on any atom is 0.195 e. The van der Waals surface area contributed by atoms with Crippen molar-refractivity contribution in [2.24, 2.45) is 0 Å². The Balaban J connectivity index is 2.17. The largest absolute Gasteiger partial charge is 0.360 e. The van der Waals surface area contributed by atoms with E-state index in [4.69, 9.17) is 11.6 Å². The number of carbonyl (C=O) groups is 1. The van der Waals surface area contributed by atoms with Gasteiger partial charge in [-0.3, -0.25) is 4.79 Å². The van der Waals surface area contributed by atoms with Crippen molar-refractivity contribution in [1.82, 2.24) is 4.98 Å². The Bertz CT molecular complexity index is 779. The van der Waals surface area contributed by atoms with Crippen LogP contribution in [0.15, 0.2) is 53.1 Å². The predicted octanol–water partition coefficient (Wildman–Crippen LogP) is 4.81. The van der Waals surface area contributed by atoms with Crippen LogP contribution in [0, 0.1) is 0 Å². The summed E-state index contributed by atoms with van der Waals surface area (Å²) in [5.74, 6) is -0.0411. The van der Waals surface area contributed by atoms with Gasteiger partial charge in [0, 0.05) is 32.7 Å². The molecular formula is C15H9BrClNO. The second-order valence-electron chi connectivity index (χ2n) is 4.20. The zero-order chi connectivity index (χ0) is 13.4. The molecule has 3 aromatic rings. The van der Waals surface area contributed by atoms with Gasteiger partial charge in [-0.15, -0.1) is 0 Å². The number of nitrogens with one attached hydrogen (secondary N) is 1. The van der Waals surface area contributed by atoms with Gasteiger partial charge in [-0.05, 0) is 24.3 Å². The molecule has 0 bridgehead atoms. The van der Waals surface area contributed by atoms with Crippen molar-refractivity contribution >= 4 is 44.2 Å². The number of aromatic nitrogens is 1. The monoisotopic (exact) mass is 333 g/mol. The molecule has 0 amide bonds. The third-order valence-corrected chi connectivity index (χ3v) is 3.79. The number of carbonyl (C=O) groups excluding carboxylic acids is 1. The molecule has 19 heavy (non-hydrogen) atoms. The lowest BCUT2D eigenvalue weighted by molar-refractivity contribution is 0.104. The second-order valence-corrected chi connectivity index (χ2v) is 5.53. The molecule has 0 unspecified atom stereocenters. The van der Waals surface area contributed by atoms with Gasteiger partial charge in [-0.1, -0.05) is 45.7 Å². The summed E-state index contributed by atoms with van der Waals surface area (Å²) in [6.07, 6.45) is 1.71. The molecule has 1 heterocycles. The minimum Gasteiger partial charge on any atom is -0.360 e. The number of aromatic amines is 1. The number of benzene rings is 2. The lowest BCUT2D eigenvalue weighted by atomic mass is 10.0. The zero-order valence-electron chi connectivity index (χ0n) is 9.78. The number of fused-ring (bicyclic) bond motifs is 1. The fourth-order valence-corrected chi connectivity index (χ4v) is 2.78. The fraction of sp³-hybridized carbons (Fsp3) is 0. The number of hydrogen-bond acceptors (Lipinski definition) is 1. The summed E-state index contributed by atoms with van der Waals surface area (Å²) in [5, 5.41) is 1.35. The first-order valence-corrected chi connectivity index (χ1v) is 6.90. The third-order valence-electron chi connectivity index (χ3n) is 2.99. The number of ketones is 1. The Morgan fingerprint density at radius 2 is 1.95 bits per heavy atom. The molecule has 0 radical (unpaired) electrons. The van der Waals surface area contributed by atoms with Gasteiger partial charge >= 0.3 is 0 Å². The normalized spacial score (nSPS) is 10.8. The first-order chi connectivity index (χ1) is 9.16. The Hall–Kier alpha value is -1.58. The van der Waals surface area contributed by atoms with Crippen LogP contribution in [0.25, 0.3) is 10.9 Å². The average Bonchev–Trinajstić information content (AvgIpc) is 2.83. The SMILES string of the molecule is O=C(c1cccc(Br)c1)c1c[nH]c2cccc(Cl)c12. The van der Waals surface area contributed by atoms with Crippen LogP contribution in [0.1, 0.15) is 15.9 Å². The van der Waals surface area contributed by atoms with Crippen molar-refractivity contribution in [1.29, 1.82) is 0 Å².